The lowest BCUT2D eigenvalue weighted by Gasteiger charge is -2.29. The number of rotatable bonds is 4. The van der Waals surface area contributed by atoms with Gasteiger partial charge < -0.3 is 11.1 Å². The van der Waals surface area contributed by atoms with Crippen LogP contribution in [0, 0.1) is 5.92 Å². The van der Waals surface area contributed by atoms with E-state index in [1.54, 1.807) is 18.2 Å². The normalized spacial score (nSPS) is 17.3. The molecule has 1 aromatic rings. The van der Waals surface area contributed by atoms with Gasteiger partial charge in [0.1, 0.15) is 0 Å². The van der Waals surface area contributed by atoms with Crippen LogP contribution in [0.5, 0.6) is 0 Å². The Bertz CT molecular complexity index is 477. The van der Waals surface area contributed by atoms with Crippen LogP contribution in [-0.4, -0.2) is 18.0 Å². The number of hydrogen-bond acceptors (Lipinski definition) is 2. The molecule has 0 saturated heterocycles. The summed E-state index contributed by atoms with van der Waals surface area (Å²) in [5, 5.41) is 3.86. The number of carbonyl (C=O) groups excluding carboxylic acids is 1. The van der Waals surface area contributed by atoms with Gasteiger partial charge in [0.05, 0.1) is 16.1 Å². The van der Waals surface area contributed by atoms with Crippen molar-refractivity contribution in [3.63, 3.8) is 0 Å². The number of hydrogen-bond donors (Lipinski definition) is 2. The standard InChI is InChI=1S/C13H16Cl2N2O.ClH/c1-13(7-16,8-2-3-8)17-12(18)10-5-4-9(14)6-11(10)15;/h4-6,8H,2-3,7,16H2,1H3,(H,17,18);1H. The van der Waals surface area contributed by atoms with Gasteiger partial charge in [0.15, 0.2) is 0 Å². The molecule has 6 heteroatoms. The molecular formula is C13H17Cl3N2O. The summed E-state index contributed by atoms with van der Waals surface area (Å²) >= 11 is 11.8. The summed E-state index contributed by atoms with van der Waals surface area (Å²) in [4.78, 5) is 12.2. The minimum Gasteiger partial charge on any atom is -0.345 e. The second kappa shape index (κ2) is 6.31. The first kappa shape index (κ1) is 16.6. The molecule has 1 aliphatic carbocycles. The van der Waals surface area contributed by atoms with Crippen LogP contribution in [0.3, 0.4) is 0 Å². The highest BCUT2D eigenvalue weighted by atomic mass is 35.5. The third kappa shape index (κ3) is 3.76. The fourth-order valence-electron chi connectivity index (χ4n) is 2.04. The Morgan fingerprint density at radius 2 is 2.11 bits per heavy atom. The summed E-state index contributed by atoms with van der Waals surface area (Å²) < 4.78 is 0. The third-order valence-corrected chi connectivity index (χ3v) is 4.03. The zero-order valence-electron chi connectivity index (χ0n) is 10.6. The Kier molecular flexibility index (Phi) is 5.51. The van der Waals surface area contributed by atoms with Crippen LogP contribution in [0.1, 0.15) is 30.1 Å². The molecule has 0 aliphatic heterocycles. The third-order valence-electron chi connectivity index (χ3n) is 3.48. The second-order valence-electron chi connectivity index (χ2n) is 4.97. The molecule has 106 valence electrons. The Morgan fingerprint density at radius 3 is 2.58 bits per heavy atom. The van der Waals surface area contributed by atoms with Crippen molar-refractivity contribution in [1.82, 2.24) is 5.32 Å². The summed E-state index contributed by atoms with van der Waals surface area (Å²) in [6, 6.07) is 4.85. The molecular weight excluding hydrogens is 307 g/mol. The molecule has 0 radical (unpaired) electrons. The van der Waals surface area contributed by atoms with E-state index in [1.807, 2.05) is 6.92 Å². The molecule has 2 rings (SSSR count). The van der Waals surface area contributed by atoms with E-state index in [1.165, 1.54) is 0 Å². The smallest absolute Gasteiger partial charge is 0.253 e. The van der Waals surface area contributed by atoms with E-state index in [0.29, 0.717) is 28.1 Å². The minimum atomic E-state index is -0.347. The van der Waals surface area contributed by atoms with E-state index in [0.717, 1.165) is 12.8 Å². The van der Waals surface area contributed by atoms with Gasteiger partial charge >= 0.3 is 0 Å². The molecule has 0 heterocycles. The highest BCUT2D eigenvalue weighted by molar-refractivity contribution is 6.36. The molecule has 1 amide bonds. The first-order valence-electron chi connectivity index (χ1n) is 5.94. The molecule has 1 aromatic carbocycles. The topological polar surface area (TPSA) is 55.1 Å². The van der Waals surface area contributed by atoms with Crippen molar-refractivity contribution < 1.29 is 4.79 Å². The first-order chi connectivity index (χ1) is 8.46. The Labute approximate surface area is 129 Å². The van der Waals surface area contributed by atoms with E-state index < -0.39 is 0 Å². The fraction of sp³-hybridized carbons (Fsp3) is 0.462. The van der Waals surface area contributed by atoms with Gasteiger partial charge in [0, 0.05) is 11.6 Å². The molecule has 1 atom stereocenters. The van der Waals surface area contributed by atoms with Gasteiger partial charge in [-0.05, 0) is 43.9 Å². The zero-order chi connectivity index (χ0) is 13.3. The van der Waals surface area contributed by atoms with Crippen molar-refractivity contribution in [3.8, 4) is 0 Å². The molecule has 0 spiro atoms. The molecule has 19 heavy (non-hydrogen) atoms. The van der Waals surface area contributed by atoms with Crippen molar-refractivity contribution in [2.45, 2.75) is 25.3 Å². The van der Waals surface area contributed by atoms with Gasteiger partial charge in [-0.2, -0.15) is 0 Å². The molecule has 1 unspecified atom stereocenters. The summed E-state index contributed by atoms with van der Waals surface area (Å²) in [5.41, 5.74) is 5.85. The molecule has 1 aliphatic rings. The maximum atomic E-state index is 12.2. The summed E-state index contributed by atoms with van der Waals surface area (Å²) in [5.74, 6) is 0.272. The molecule has 0 bridgehead atoms. The van der Waals surface area contributed by atoms with Crippen molar-refractivity contribution in [1.29, 1.82) is 0 Å². The van der Waals surface area contributed by atoms with E-state index in [4.69, 9.17) is 28.9 Å². The van der Waals surface area contributed by atoms with Crippen molar-refractivity contribution in [3.05, 3.63) is 33.8 Å². The highest BCUT2D eigenvalue weighted by Crippen LogP contribution is 2.39. The van der Waals surface area contributed by atoms with Crippen molar-refractivity contribution in [2.75, 3.05) is 6.54 Å². The minimum absolute atomic E-state index is 0. The Hall–Kier alpha value is -0.480. The van der Waals surface area contributed by atoms with Crippen LogP contribution in [-0.2, 0) is 0 Å². The van der Waals surface area contributed by atoms with Crippen molar-refractivity contribution in [2.24, 2.45) is 11.7 Å². The number of halogens is 3. The van der Waals surface area contributed by atoms with Crippen LogP contribution in [0.25, 0.3) is 0 Å². The number of amides is 1. The van der Waals surface area contributed by atoms with Gasteiger partial charge in [-0.15, -0.1) is 12.4 Å². The Balaban J connectivity index is 0.00000180. The summed E-state index contributed by atoms with van der Waals surface area (Å²) in [6.45, 7) is 2.40. The monoisotopic (exact) mass is 322 g/mol. The van der Waals surface area contributed by atoms with Gasteiger partial charge in [-0.3, -0.25) is 4.79 Å². The van der Waals surface area contributed by atoms with E-state index in [2.05, 4.69) is 5.32 Å². The highest BCUT2D eigenvalue weighted by Gasteiger charge is 2.41. The average Bonchev–Trinajstić information content (AvgIpc) is 3.12. The van der Waals surface area contributed by atoms with E-state index in [9.17, 15) is 4.79 Å². The van der Waals surface area contributed by atoms with Crippen molar-refractivity contribution >= 4 is 41.5 Å². The van der Waals surface area contributed by atoms with Gasteiger partial charge in [-0.1, -0.05) is 23.2 Å². The number of carbonyl (C=O) groups is 1. The predicted octanol–water partition coefficient (Wildman–Crippen LogP) is 3.27. The van der Waals surface area contributed by atoms with Crippen LogP contribution in [0.15, 0.2) is 18.2 Å². The maximum absolute atomic E-state index is 12.2. The summed E-state index contributed by atoms with van der Waals surface area (Å²) in [6.07, 6.45) is 2.23. The van der Waals surface area contributed by atoms with E-state index in [-0.39, 0.29) is 23.9 Å². The lowest BCUT2D eigenvalue weighted by atomic mass is 9.95. The molecule has 1 fully saturated rings. The summed E-state index contributed by atoms with van der Waals surface area (Å²) in [7, 11) is 0. The first-order valence-corrected chi connectivity index (χ1v) is 6.69. The number of nitrogens with one attached hydrogen (secondary N) is 1. The molecule has 0 aromatic heterocycles. The number of nitrogens with two attached hydrogens (primary N) is 1. The largest absolute Gasteiger partial charge is 0.345 e. The predicted molar refractivity (Wildman–Crippen MR) is 81.4 cm³/mol. The Morgan fingerprint density at radius 1 is 1.47 bits per heavy atom. The van der Waals surface area contributed by atoms with Crippen LogP contribution in [0.4, 0.5) is 0 Å². The van der Waals surface area contributed by atoms with E-state index >= 15 is 0 Å². The SMILES string of the molecule is CC(CN)(NC(=O)c1ccc(Cl)cc1Cl)C1CC1.Cl. The van der Waals surface area contributed by atoms with Crippen LogP contribution < -0.4 is 11.1 Å². The van der Waals surface area contributed by atoms with Gasteiger partial charge in [0.25, 0.3) is 5.91 Å². The van der Waals surface area contributed by atoms with Gasteiger partial charge in [0.2, 0.25) is 0 Å². The quantitative estimate of drug-likeness (QED) is 0.893. The lowest BCUT2D eigenvalue weighted by molar-refractivity contribution is 0.0898. The molecule has 1 saturated carbocycles. The maximum Gasteiger partial charge on any atom is 0.253 e. The molecule has 3 nitrogen and oxygen atoms in total. The van der Waals surface area contributed by atoms with Crippen LogP contribution in [0.2, 0.25) is 10.0 Å². The second-order valence-corrected chi connectivity index (χ2v) is 5.82. The molecule has 3 N–H and O–H groups in total. The van der Waals surface area contributed by atoms with Gasteiger partial charge in [-0.25, -0.2) is 0 Å². The number of benzene rings is 1. The zero-order valence-corrected chi connectivity index (χ0v) is 12.9. The lowest BCUT2D eigenvalue weighted by Crippen LogP contribution is -2.53. The average molecular weight is 324 g/mol. The fourth-order valence-corrected chi connectivity index (χ4v) is 2.53. The van der Waals surface area contributed by atoms with Crippen LogP contribution >= 0.6 is 35.6 Å².